The van der Waals surface area contributed by atoms with Gasteiger partial charge in [0.1, 0.15) is 9.34 Å². The lowest BCUT2D eigenvalue weighted by Crippen LogP contribution is -2.23. The van der Waals surface area contributed by atoms with Crippen molar-refractivity contribution < 1.29 is 14.3 Å². The maximum Gasteiger partial charge on any atom is 0.296 e. The number of carbonyl (C=O) groups excluding carboxylic acids is 2. The Hall–Kier alpha value is -3.23. The standard InChI is InChI=1S/C22H19ClN4O3S/c1-12-4-5-16-15(8-12)20(13(2)27(16)11-19-25-10-17(23)31-19)21(28)22(29)26-14-6-7-24-18(9-14)30-3/h4-10H,11H2,1-3H3,(H,24,26,29). The summed E-state index contributed by atoms with van der Waals surface area (Å²) in [7, 11) is 1.48. The number of hydrogen-bond donors (Lipinski definition) is 1. The SMILES string of the molecule is COc1cc(NC(=O)C(=O)c2c(C)n(Cc3ncc(Cl)s3)c3ccc(C)cc23)ccn1. The highest BCUT2D eigenvalue weighted by molar-refractivity contribution is 7.15. The van der Waals surface area contributed by atoms with E-state index < -0.39 is 11.7 Å². The predicted molar refractivity (Wildman–Crippen MR) is 121 cm³/mol. The smallest absolute Gasteiger partial charge is 0.296 e. The number of aryl methyl sites for hydroxylation is 1. The van der Waals surface area contributed by atoms with Crippen LogP contribution in [0.5, 0.6) is 5.88 Å². The van der Waals surface area contributed by atoms with E-state index in [-0.39, 0.29) is 0 Å². The molecule has 0 fully saturated rings. The van der Waals surface area contributed by atoms with Crippen LogP contribution in [0.25, 0.3) is 10.9 Å². The molecular weight excluding hydrogens is 436 g/mol. The number of benzene rings is 1. The van der Waals surface area contributed by atoms with Crippen LogP contribution >= 0.6 is 22.9 Å². The summed E-state index contributed by atoms with van der Waals surface area (Å²) < 4.78 is 7.65. The summed E-state index contributed by atoms with van der Waals surface area (Å²) in [6.45, 7) is 4.24. The third-order valence-electron chi connectivity index (χ3n) is 4.93. The zero-order valence-electron chi connectivity index (χ0n) is 17.1. The van der Waals surface area contributed by atoms with Crippen molar-refractivity contribution in [2.75, 3.05) is 12.4 Å². The fourth-order valence-corrected chi connectivity index (χ4v) is 4.43. The number of rotatable bonds is 6. The molecule has 0 saturated carbocycles. The van der Waals surface area contributed by atoms with Gasteiger partial charge < -0.3 is 14.6 Å². The molecule has 31 heavy (non-hydrogen) atoms. The van der Waals surface area contributed by atoms with E-state index in [1.54, 1.807) is 18.3 Å². The van der Waals surface area contributed by atoms with Crippen molar-refractivity contribution in [2.45, 2.75) is 20.4 Å². The number of fused-ring (bicyclic) bond motifs is 1. The molecule has 158 valence electrons. The van der Waals surface area contributed by atoms with E-state index in [1.807, 2.05) is 36.6 Å². The molecule has 3 aromatic heterocycles. The van der Waals surface area contributed by atoms with Crippen LogP contribution in [0.3, 0.4) is 0 Å². The van der Waals surface area contributed by atoms with E-state index in [4.69, 9.17) is 16.3 Å². The zero-order chi connectivity index (χ0) is 22.1. The highest BCUT2D eigenvalue weighted by Gasteiger charge is 2.26. The Morgan fingerprint density at radius 1 is 1.19 bits per heavy atom. The number of aromatic nitrogens is 3. The number of methoxy groups -OCH3 is 1. The summed E-state index contributed by atoms with van der Waals surface area (Å²) in [6, 6.07) is 9.00. The molecule has 3 heterocycles. The van der Waals surface area contributed by atoms with Gasteiger partial charge in [0.15, 0.2) is 0 Å². The maximum absolute atomic E-state index is 13.2. The molecule has 0 unspecified atom stereocenters. The van der Waals surface area contributed by atoms with E-state index in [2.05, 4.69) is 15.3 Å². The number of Topliss-reactive ketones (excluding diaryl/α,β-unsaturated/α-hetero) is 1. The number of amides is 1. The normalized spacial score (nSPS) is 11.0. The van der Waals surface area contributed by atoms with Gasteiger partial charge in [-0.15, -0.1) is 11.3 Å². The lowest BCUT2D eigenvalue weighted by atomic mass is 10.0. The van der Waals surface area contributed by atoms with E-state index in [0.717, 1.165) is 21.5 Å². The zero-order valence-corrected chi connectivity index (χ0v) is 18.7. The summed E-state index contributed by atoms with van der Waals surface area (Å²) >= 11 is 7.41. The van der Waals surface area contributed by atoms with Crippen molar-refractivity contribution >= 4 is 51.2 Å². The third-order valence-corrected chi connectivity index (χ3v) is 6.03. The number of thiazole rings is 1. The van der Waals surface area contributed by atoms with Crippen LogP contribution in [0, 0.1) is 13.8 Å². The van der Waals surface area contributed by atoms with Crippen molar-refractivity contribution in [2.24, 2.45) is 0 Å². The highest BCUT2D eigenvalue weighted by atomic mass is 35.5. The minimum Gasteiger partial charge on any atom is -0.481 e. The third kappa shape index (κ3) is 4.17. The van der Waals surface area contributed by atoms with Gasteiger partial charge in [0.05, 0.1) is 25.4 Å². The first kappa shape index (κ1) is 21.0. The number of nitrogens with zero attached hydrogens (tertiary/aromatic N) is 3. The molecule has 0 aliphatic carbocycles. The fraction of sp³-hybridized carbons (Fsp3) is 0.182. The van der Waals surface area contributed by atoms with Crippen molar-refractivity contribution in [3.8, 4) is 5.88 Å². The first-order valence-corrected chi connectivity index (χ1v) is 10.6. The Morgan fingerprint density at radius 3 is 2.71 bits per heavy atom. The van der Waals surface area contributed by atoms with Gasteiger partial charge in [0.25, 0.3) is 11.7 Å². The van der Waals surface area contributed by atoms with Crippen molar-refractivity contribution in [1.29, 1.82) is 0 Å². The van der Waals surface area contributed by atoms with Gasteiger partial charge in [-0.05, 0) is 32.0 Å². The number of pyridine rings is 1. The second-order valence-corrected chi connectivity index (χ2v) is 8.74. The van der Waals surface area contributed by atoms with Crippen LogP contribution in [0.1, 0.15) is 26.6 Å². The number of carbonyl (C=O) groups is 2. The summed E-state index contributed by atoms with van der Waals surface area (Å²) in [5.41, 5.74) is 3.35. The Labute approximate surface area is 187 Å². The molecule has 7 nitrogen and oxygen atoms in total. The summed E-state index contributed by atoms with van der Waals surface area (Å²) in [5, 5.41) is 4.19. The largest absolute Gasteiger partial charge is 0.481 e. The highest BCUT2D eigenvalue weighted by Crippen LogP contribution is 2.30. The van der Waals surface area contributed by atoms with Crippen LogP contribution in [0.2, 0.25) is 4.34 Å². The molecule has 4 aromatic rings. The molecule has 1 aromatic carbocycles. The lowest BCUT2D eigenvalue weighted by molar-refractivity contribution is -0.112. The number of nitrogens with one attached hydrogen (secondary N) is 1. The Morgan fingerprint density at radius 2 is 2.00 bits per heavy atom. The van der Waals surface area contributed by atoms with Crippen molar-refractivity contribution in [1.82, 2.24) is 14.5 Å². The van der Waals surface area contributed by atoms with Gasteiger partial charge in [-0.3, -0.25) is 9.59 Å². The molecular formula is C22H19ClN4O3S. The maximum atomic E-state index is 13.2. The van der Waals surface area contributed by atoms with Crippen LogP contribution in [0.15, 0.2) is 42.7 Å². The first-order valence-electron chi connectivity index (χ1n) is 9.42. The lowest BCUT2D eigenvalue weighted by Gasteiger charge is -2.07. The molecule has 1 amide bonds. The molecule has 0 atom stereocenters. The van der Waals surface area contributed by atoms with Gasteiger partial charge in [0, 0.05) is 34.5 Å². The van der Waals surface area contributed by atoms with Crippen molar-refractivity contribution in [3.63, 3.8) is 0 Å². The van der Waals surface area contributed by atoms with E-state index >= 15 is 0 Å². The number of hydrogen-bond acceptors (Lipinski definition) is 6. The number of ether oxygens (including phenoxy) is 1. The minimum atomic E-state index is -0.728. The Kier molecular flexibility index (Phi) is 5.75. The molecule has 9 heteroatoms. The van der Waals surface area contributed by atoms with E-state index in [9.17, 15) is 9.59 Å². The van der Waals surface area contributed by atoms with Crippen molar-refractivity contribution in [3.05, 3.63) is 68.9 Å². The number of ketones is 1. The molecule has 0 saturated heterocycles. The number of anilines is 1. The number of halogens is 1. The summed E-state index contributed by atoms with van der Waals surface area (Å²) in [6.07, 6.45) is 3.10. The predicted octanol–water partition coefficient (Wildman–Crippen LogP) is 4.64. The van der Waals surface area contributed by atoms with E-state index in [0.29, 0.717) is 33.7 Å². The van der Waals surface area contributed by atoms with Gasteiger partial charge in [-0.25, -0.2) is 9.97 Å². The first-order chi connectivity index (χ1) is 14.9. The molecule has 0 radical (unpaired) electrons. The minimum absolute atomic E-state index is 0.343. The average Bonchev–Trinajstić information content (AvgIpc) is 3.28. The van der Waals surface area contributed by atoms with Crippen LogP contribution in [-0.4, -0.2) is 33.3 Å². The van der Waals surface area contributed by atoms with Crippen LogP contribution in [-0.2, 0) is 11.3 Å². The van der Waals surface area contributed by atoms with Gasteiger partial charge in [-0.1, -0.05) is 23.2 Å². The van der Waals surface area contributed by atoms with Gasteiger partial charge in [0.2, 0.25) is 5.88 Å². The van der Waals surface area contributed by atoms with E-state index in [1.165, 1.54) is 24.6 Å². The molecule has 0 aliphatic rings. The summed E-state index contributed by atoms with van der Waals surface area (Å²) in [4.78, 5) is 34.3. The molecule has 1 N–H and O–H groups in total. The molecule has 4 rings (SSSR count). The quantitative estimate of drug-likeness (QED) is 0.339. The Balaban J connectivity index is 1.73. The van der Waals surface area contributed by atoms with Crippen LogP contribution < -0.4 is 10.1 Å². The second-order valence-electron chi connectivity index (χ2n) is 7.00. The second kappa shape index (κ2) is 8.49. The van der Waals surface area contributed by atoms with Gasteiger partial charge in [-0.2, -0.15) is 0 Å². The Bertz CT molecular complexity index is 1310. The fourth-order valence-electron chi connectivity index (χ4n) is 3.48. The van der Waals surface area contributed by atoms with Gasteiger partial charge >= 0.3 is 0 Å². The summed E-state index contributed by atoms with van der Waals surface area (Å²) in [5.74, 6) is -0.996. The monoisotopic (exact) mass is 454 g/mol. The topological polar surface area (TPSA) is 86.1 Å². The molecule has 0 spiro atoms. The molecule has 0 bridgehead atoms. The molecule has 0 aliphatic heterocycles. The average molecular weight is 455 g/mol. The van der Waals surface area contributed by atoms with Crippen LogP contribution in [0.4, 0.5) is 5.69 Å².